The van der Waals surface area contributed by atoms with Gasteiger partial charge in [-0.25, -0.2) is 0 Å². The molecule has 2 N–H and O–H groups in total. The van der Waals surface area contributed by atoms with Gasteiger partial charge in [0, 0.05) is 6.04 Å². The molecule has 0 amide bonds. The van der Waals surface area contributed by atoms with Gasteiger partial charge in [-0.3, -0.25) is 0 Å². The van der Waals surface area contributed by atoms with Crippen molar-refractivity contribution in [3.8, 4) is 0 Å². The number of piperidine rings is 1. The summed E-state index contributed by atoms with van der Waals surface area (Å²) in [5.74, 6) is 0.986. The van der Waals surface area contributed by atoms with Crippen molar-refractivity contribution in [3.63, 3.8) is 0 Å². The maximum absolute atomic E-state index is 3.79. The fourth-order valence-corrected chi connectivity index (χ4v) is 3.15. The Morgan fingerprint density at radius 2 is 1.56 bits per heavy atom. The van der Waals surface area contributed by atoms with E-state index in [2.05, 4.69) is 10.6 Å². The van der Waals surface area contributed by atoms with Gasteiger partial charge in [-0.15, -0.1) is 0 Å². The van der Waals surface area contributed by atoms with Crippen LogP contribution in [0.2, 0.25) is 0 Å². The molecule has 2 rings (SSSR count). The number of hydrogen-bond donors (Lipinski definition) is 2. The van der Waals surface area contributed by atoms with Gasteiger partial charge in [0.05, 0.1) is 0 Å². The van der Waals surface area contributed by atoms with Crippen LogP contribution in [0.1, 0.15) is 57.8 Å². The first-order chi connectivity index (χ1) is 7.95. The number of rotatable bonds is 4. The van der Waals surface area contributed by atoms with Gasteiger partial charge in [0.25, 0.3) is 0 Å². The molecule has 0 aromatic carbocycles. The summed E-state index contributed by atoms with van der Waals surface area (Å²) in [5, 5.41) is 7.23. The Kier molecular flexibility index (Phi) is 5.64. The molecule has 1 aliphatic heterocycles. The van der Waals surface area contributed by atoms with Gasteiger partial charge in [0.15, 0.2) is 0 Å². The average Bonchev–Trinajstić information content (AvgIpc) is 2.59. The summed E-state index contributed by atoms with van der Waals surface area (Å²) in [6.45, 7) is 3.75. The maximum atomic E-state index is 3.79. The lowest BCUT2D eigenvalue weighted by atomic mass is 9.94. The Bertz CT molecular complexity index is 168. The molecule has 1 heterocycles. The van der Waals surface area contributed by atoms with Gasteiger partial charge < -0.3 is 10.6 Å². The summed E-state index contributed by atoms with van der Waals surface area (Å²) >= 11 is 0. The van der Waals surface area contributed by atoms with E-state index >= 15 is 0 Å². The van der Waals surface area contributed by atoms with Gasteiger partial charge in [0.2, 0.25) is 0 Å². The Morgan fingerprint density at radius 3 is 2.25 bits per heavy atom. The molecule has 0 unspecified atom stereocenters. The lowest BCUT2D eigenvalue weighted by Gasteiger charge is -2.24. The minimum atomic E-state index is 0.837. The Hall–Kier alpha value is -0.0800. The van der Waals surface area contributed by atoms with E-state index in [4.69, 9.17) is 0 Å². The van der Waals surface area contributed by atoms with E-state index in [0.29, 0.717) is 0 Å². The summed E-state index contributed by atoms with van der Waals surface area (Å²) in [5.41, 5.74) is 0. The summed E-state index contributed by atoms with van der Waals surface area (Å²) < 4.78 is 0. The van der Waals surface area contributed by atoms with E-state index in [1.165, 1.54) is 77.4 Å². The van der Waals surface area contributed by atoms with E-state index in [0.717, 1.165) is 12.0 Å². The molecule has 2 aliphatic rings. The van der Waals surface area contributed by atoms with E-state index in [9.17, 15) is 0 Å². The average molecular weight is 224 g/mol. The van der Waals surface area contributed by atoms with Crippen LogP contribution in [0.5, 0.6) is 0 Å². The molecule has 0 spiro atoms. The minimum Gasteiger partial charge on any atom is -0.317 e. The second-order valence-electron chi connectivity index (χ2n) is 5.62. The molecule has 0 radical (unpaired) electrons. The fraction of sp³-hybridized carbons (Fsp3) is 1.00. The molecular weight excluding hydrogens is 196 g/mol. The third kappa shape index (κ3) is 4.42. The van der Waals surface area contributed by atoms with Crippen LogP contribution in [0, 0.1) is 5.92 Å². The van der Waals surface area contributed by atoms with Gasteiger partial charge >= 0.3 is 0 Å². The zero-order valence-corrected chi connectivity index (χ0v) is 10.6. The Labute approximate surface area is 101 Å². The van der Waals surface area contributed by atoms with Crippen molar-refractivity contribution in [2.45, 2.75) is 63.8 Å². The molecule has 1 saturated carbocycles. The third-order valence-electron chi connectivity index (χ3n) is 4.30. The highest BCUT2D eigenvalue weighted by Crippen LogP contribution is 2.18. The largest absolute Gasteiger partial charge is 0.317 e. The smallest absolute Gasteiger partial charge is 0.00670 e. The second-order valence-corrected chi connectivity index (χ2v) is 5.62. The first-order valence-electron chi connectivity index (χ1n) is 7.39. The zero-order valence-electron chi connectivity index (χ0n) is 10.6. The van der Waals surface area contributed by atoms with Crippen LogP contribution in [-0.2, 0) is 0 Å². The molecule has 16 heavy (non-hydrogen) atoms. The lowest BCUT2D eigenvalue weighted by molar-refractivity contribution is 0.336. The SMILES string of the molecule is C1CCCC(NCCC2CCNCC2)CC1. The quantitative estimate of drug-likeness (QED) is 0.718. The molecule has 2 fully saturated rings. The van der Waals surface area contributed by atoms with E-state index in [1.807, 2.05) is 0 Å². The standard InChI is InChI=1S/C14H28N2/c1-2-4-6-14(5-3-1)16-12-9-13-7-10-15-11-8-13/h13-16H,1-12H2. The number of nitrogens with one attached hydrogen (secondary N) is 2. The summed E-state index contributed by atoms with van der Waals surface area (Å²) in [6.07, 6.45) is 12.9. The molecule has 0 aromatic heterocycles. The first kappa shape index (κ1) is 12.4. The Morgan fingerprint density at radius 1 is 0.875 bits per heavy atom. The van der Waals surface area contributed by atoms with Crippen molar-refractivity contribution in [2.24, 2.45) is 5.92 Å². The zero-order chi connectivity index (χ0) is 11.1. The monoisotopic (exact) mass is 224 g/mol. The van der Waals surface area contributed by atoms with Crippen LogP contribution >= 0.6 is 0 Å². The van der Waals surface area contributed by atoms with Gasteiger partial charge in [-0.05, 0) is 57.7 Å². The predicted molar refractivity (Wildman–Crippen MR) is 69.7 cm³/mol. The van der Waals surface area contributed by atoms with Gasteiger partial charge in [0.1, 0.15) is 0 Å². The third-order valence-corrected chi connectivity index (χ3v) is 4.30. The van der Waals surface area contributed by atoms with Gasteiger partial charge in [-0.1, -0.05) is 25.7 Å². The molecule has 2 nitrogen and oxygen atoms in total. The Balaban J connectivity index is 1.55. The topological polar surface area (TPSA) is 24.1 Å². The molecule has 0 aromatic rings. The van der Waals surface area contributed by atoms with Crippen molar-refractivity contribution in [1.82, 2.24) is 10.6 Å². The van der Waals surface area contributed by atoms with E-state index in [-0.39, 0.29) is 0 Å². The second kappa shape index (κ2) is 7.29. The molecule has 0 bridgehead atoms. The van der Waals surface area contributed by atoms with Crippen molar-refractivity contribution in [1.29, 1.82) is 0 Å². The minimum absolute atomic E-state index is 0.837. The van der Waals surface area contributed by atoms with Crippen molar-refractivity contribution >= 4 is 0 Å². The van der Waals surface area contributed by atoms with Crippen molar-refractivity contribution in [3.05, 3.63) is 0 Å². The molecule has 1 saturated heterocycles. The first-order valence-corrected chi connectivity index (χ1v) is 7.39. The van der Waals surface area contributed by atoms with Gasteiger partial charge in [-0.2, -0.15) is 0 Å². The molecule has 2 heteroatoms. The molecule has 0 atom stereocenters. The van der Waals surface area contributed by atoms with Crippen LogP contribution in [0.25, 0.3) is 0 Å². The van der Waals surface area contributed by atoms with Crippen molar-refractivity contribution in [2.75, 3.05) is 19.6 Å². The molecule has 94 valence electrons. The molecular formula is C14H28N2. The predicted octanol–water partition coefficient (Wildman–Crippen LogP) is 2.69. The van der Waals surface area contributed by atoms with Crippen LogP contribution < -0.4 is 10.6 Å². The highest BCUT2D eigenvalue weighted by molar-refractivity contribution is 4.73. The highest BCUT2D eigenvalue weighted by Gasteiger charge is 2.14. The van der Waals surface area contributed by atoms with E-state index in [1.54, 1.807) is 0 Å². The fourth-order valence-electron chi connectivity index (χ4n) is 3.15. The van der Waals surface area contributed by atoms with Crippen LogP contribution in [0.3, 0.4) is 0 Å². The van der Waals surface area contributed by atoms with E-state index < -0.39 is 0 Å². The molecule has 1 aliphatic carbocycles. The maximum Gasteiger partial charge on any atom is 0.00670 e. The van der Waals surface area contributed by atoms with Crippen LogP contribution in [-0.4, -0.2) is 25.7 Å². The summed E-state index contributed by atoms with van der Waals surface area (Å²) in [7, 11) is 0. The summed E-state index contributed by atoms with van der Waals surface area (Å²) in [4.78, 5) is 0. The van der Waals surface area contributed by atoms with Crippen molar-refractivity contribution < 1.29 is 0 Å². The van der Waals surface area contributed by atoms with Crippen LogP contribution in [0.4, 0.5) is 0 Å². The summed E-state index contributed by atoms with van der Waals surface area (Å²) in [6, 6.07) is 0.837. The number of hydrogen-bond acceptors (Lipinski definition) is 2. The normalized spacial score (nSPS) is 25.5. The highest BCUT2D eigenvalue weighted by atomic mass is 14.9. The van der Waals surface area contributed by atoms with Crippen LogP contribution in [0.15, 0.2) is 0 Å². The lowest BCUT2D eigenvalue weighted by Crippen LogP contribution is -2.33.